The van der Waals surface area contributed by atoms with Crippen molar-refractivity contribution in [2.24, 2.45) is 5.10 Å². The van der Waals surface area contributed by atoms with Gasteiger partial charge in [0.2, 0.25) is 0 Å². The number of pyridine rings is 1. The van der Waals surface area contributed by atoms with Gasteiger partial charge >= 0.3 is 6.18 Å². The smallest absolute Gasteiger partial charge is 0.267 e. The minimum atomic E-state index is -4.54. The minimum absolute atomic E-state index is 0.185. The summed E-state index contributed by atoms with van der Waals surface area (Å²) in [7, 11) is 0. The second-order valence-electron chi connectivity index (χ2n) is 2.48. The summed E-state index contributed by atoms with van der Waals surface area (Å²) in [4.78, 5) is 14.8. The molecule has 1 aromatic rings. The Kier molecular flexibility index (Phi) is 3.37. The molecule has 1 amide bonds. The van der Waals surface area contributed by atoms with E-state index in [1.54, 1.807) is 5.43 Å². The first-order valence-electron chi connectivity index (χ1n) is 3.80. The lowest BCUT2D eigenvalue weighted by molar-refractivity contribution is -0.0538. The standard InChI is InChI=1S/C8H6F3N3O/c9-8(10,11)5-13-14-7(15)6-1-3-12-4-2-6/h1-5H,(H,14,15)/b13-5+. The van der Waals surface area contributed by atoms with Crippen LogP contribution < -0.4 is 5.43 Å². The topological polar surface area (TPSA) is 54.4 Å². The van der Waals surface area contributed by atoms with Crippen molar-refractivity contribution in [1.82, 2.24) is 10.4 Å². The molecule has 0 fully saturated rings. The summed E-state index contributed by atoms with van der Waals surface area (Å²) in [5.41, 5.74) is 1.92. The van der Waals surface area contributed by atoms with Gasteiger partial charge in [-0.05, 0) is 12.1 Å². The average molecular weight is 217 g/mol. The molecule has 0 spiro atoms. The molecular weight excluding hydrogens is 211 g/mol. The number of hydrogen-bond acceptors (Lipinski definition) is 3. The molecule has 0 atom stereocenters. The van der Waals surface area contributed by atoms with Crippen molar-refractivity contribution in [3.63, 3.8) is 0 Å². The third-order valence-electron chi connectivity index (χ3n) is 1.32. The Morgan fingerprint density at radius 2 is 2.00 bits per heavy atom. The van der Waals surface area contributed by atoms with Crippen LogP contribution in [-0.2, 0) is 0 Å². The van der Waals surface area contributed by atoms with Gasteiger partial charge in [-0.25, -0.2) is 5.43 Å². The molecule has 0 saturated heterocycles. The molecule has 4 nitrogen and oxygen atoms in total. The van der Waals surface area contributed by atoms with E-state index in [0.29, 0.717) is 0 Å². The fourth-order valence-corrected chi connectivity index (χ4v) is 0.732. The largest absolute Gasteiger partial charge is 0.428 e. The van der Waals surface area contributed by atoms with Gasteiger partial charge < -0.3 is 0 Å². The van der Waals surface area contributed by atoms with Crippen LogP contribution in [0.3, 0.4) is 0 Å². The van der Waals surface area contributed by atoms with Gasteiger partial charge in [-0.1, -0.05) is 0 Å². The van der Waals surface area contributed by atoms with Gasteiger partial charge in [0.25, 0.3) is 5.91 Å². The zero-order valence-electron chi connectivity index (χ0n) is 7.32. The Balaban J connectivity index is 2.55. The number of carbonyl (C=O) groups excluding carboxylic acids is 1. The number of carbonyl (C=O) groups is 1. The number of nitrogens with one attached hydrogen (secondary N) is 1. The summed E-state index contributed by atoms with van der Waals surface area (Å²) in [5, 5.41) is 2.75. The number of hydrogen-bond donors (Lipinski definition) is 1. The maximum Gasteiger partial charge on any atom is 0.428 e. The number of aromatic nitrogens is 1. The first-order valence-corrected chi connectivity index (χ1v) is 3.80. The van der Waals surface area contributed by atoms with E-state index in [1.807, 2.05) is 0 Å². The van der Waals surface area contributed by atoms with Crippen molar-refractivity contribution >= 4 is 12.1 Å². The molecule has 0 saturated carbocycles. The molecule has 1 rings (SSSR count). The van der Waals surface area contributed by atoms with Crippen molar-refractivity contribution < 1.29 is 18.0 Å². The lowest BCUT2D eigenvalue weighted by Gasteiger charge is -1.99. The maximum absolute atomic E-state index is 11.6. The number of rotatable bonds is 2. The number of alkyl halides is 3. The second-order valence-corrected chi connectivity index (χ2v) is 2.48. The van der Waals surface area contributed by atoms with E-state index < -0.39 is 12.1 Å². The van der Waals surface area contributed by atoms with Crippen molar-refractivity contribution in [3.05, 3.63) is 30.1 Å². The summed E-state index contributed by atoms with van der Waals surface area (Å²) < 4.78 is 34.8. The molecule has 7 heteroatoms. The summed E-state index contributed by atoms with van der Waals surface area (Å²) in [6.07, 6.45) is -2.14. The van der Waals surface area contributed by atoms with Crippen LogP contribution in [0.5, 0.6) is 0 Å². The Bertz CT molecular complexity index is 361. The first kappa shape index (κ1) is 11.2. The molecule has 1 aromatic heterocycles. The highest BCUT2D eigenvalue weighted by Gasteiger charge is 2.23. The molecule has 0 radical (unpaired) electrons. The van der Waals surface area contributed by atoms with Gasteiger partial charge in [-0.3, -0.25) is 9.78 Å². The van der Waals surface area contributed by atoms with E-state index in [0.717, 1.165) is 0 Å². The van der Waals surface area contributed by atoms with Crippen LogP contribution in [-0.4, -0.2) is 23.3 Å². The molecule has 80 valence electrons. The van der Waals surface area contributed by atoms with Crippen molar-refractivity contribution in [2.75, 3.05) is 0 Å². The predicted octanol–water partition coefficient (Wildman–Crippen LogP) is 1.36. The summed E-state index contributed by atoms with van der Waals surface area (Å²) >= 11 is 0. The van der Waals surface area contributed by atoms with Crippen LogP contribution in [0, 0.1) is 0 Å². The Morgan fingerprint density at radius 1 is 1.40 bits per heavy atom. The molecule has 1 heterocycles. The van der Waals surface area contributed by atoms with Gasteiger partial charge in [-0.15, -0.1) is 0 Å². The van der Waals surface area contributed by atoms with E-state index in [4.69, 9.17) is 0 Å². The molecular formula is C8H6F3N3O. The normalized spacial score (nSPS) is 11.7. The first-order chi connectivity index (χ1) is 6.99. The van der Waals surface area contributed by atoms with Crippen molar-refractivity contribution in [1.29, 1.82) is 0 Å². The summed E-state index contributed by atoms with van der Waals surface area (Å²) in [6.45, 7) is 0. The molecule has 0 aromatic carbocycles. The maximum atomic E-state index is 11.6. The van der Waals surface area contributed by atoms with Crippen LogP contribution in [0.25, 0.3) is 0 Å². The predicted molar refractivity (Wildman–Crippen MR) is 46.3 cm³/mol. The third kappa shape index (κ3) is 4.21. The van der Waals surface area contributed by atoms with E-state index >= 15 is 0 Å². The lowest BCUT2D eigenvalue weighted by Crippen LogP contribution is -2.20. The van der Waals surface area contributed by atoms with Crippen LogP contribution in [0.4, 0.5) is 13.2 Å². The quantitative estimate of drug-likeness (QED) is 0.600. The van der Waals surface area contributed by atoms with E-state index in [1.165, 1.54) is 24.5 Å². The molecule has 0 aliphatic carbocycles. The molecule has 0 aliphatic rings. The summed E-state index contributed by atoms with van der Waals surface area (Å²) in [6, 6.07) is 2.72. The second kappa shape index (κ2) is 4.54. The Labute approximate surface area is 82.8 Å². The van der Waals surface area contributed by atoms with E-state index in [-0.39, 0.29) is 11.8 Å². The van der Waals surface area contributed by atoms with Crippen LogP contribution in [0.2, 0.25) is 0 Å². The number of halogens is 3. The number of amides is 1. The van der Waals surface area contributed by atoms with Crippen molar-refractivity contribution in [2.45, 2.75) is 6.18 Å². The monoisotopic (exact) mass is 217 g/mol. The van der Waals surface area contributed by atoms with Crippen LogP contribution in [0.1, 0.15) is 10.4 Å². The summed E-state index contributed by atoms with van der Waals surface area (Å²) in [5.74, 6) is -0.724. The minimum Gasteiger partial charge on any atom is -0.267 e. The lowest BCUT2D eigenvalue weighted by atomic mass is 10.3. The van der Waals surface area contributed by atoms with E-state index in [9.17, 15) is 18.0 Å². The third-order valence-corrected chi connectivity index (χ3v) is 1.32. The SMILES string of the molecule is O=C(N/N=C/C(F)(F)F)c1ccncc1. The zero-order chi connectivity index (χ0) is 11.3. The molecule has 0 aliphatic heterocycles. The fraction of sp³-hybridized carbons (Fsp3) is 0.125. The van der Waals surface area contributed by atoms with Gasteiger partial charge in [0.1, 0.15) is 6.21 Å². The highest BCUT2D eigenvalue weighted by Crippen LogP contribution is 2.09. The highest BCUT2D eigenvalue weighted by molar-refractivity contribution is 5.94. The molecule has 0 unspecified atom stereocenters. The Hall–Kier alpha value is -1.92. The van der Waals surface area contributed by atoms with Gasteiger partial charge in [0.05, 0.1) is 0 Å². The number of nitrogens with zero attached hydrogens (tertiary/aromatic N) is 2. The fourth-order valence-electron chi connectivity index (χ4n) is 0.732. The van der Waals surface area contributed by atoms with Gasteiger partial charge in [0, 0.05) is 18.0 Å². The molecule has 1 N–H and O–H groups in total. The Morgan fingerprint density at radius 3 is 2.53 bits per heavy atom. The average Bonchev–Trinajstić information content (AvgIpc) is 2.17. The zero-order valence-corrected chi connectivity index (χ0v) is 7.32. The molecule has 15 heavy (non-hydrogen) atoms. The van der Waals surface area contributed by atoms with Crippen LogP contribution >= 0.6 is 0 Å². The number of hydrazone groups is 1. The van der Waals surface area contributed by atoms with E-state index in [2.05, 4.69) is 10.1 Å². The van der Waals surface area contributed by atoms with Gasteiger partial charge in [0.15, 0.2) is 0 Å². The highest BCUT2D eigenvalue weighted by atomic mass is 19.4. The van der Waals surface area contributed by atoms with Gasteiger partial charge in [-0.2, -0.15) is 18.3 Å². The van der Waals surface area contributed by atoms with Crippen molar-refractivity contribution in [3.8, 4) is 0 Å². The van der Waals surface area contributed by atoms with Crippen LogP contribution in [0.15, 0.2) is 29.6 Å². The molecule has 0 bridgehead atoms.